The van der Waals surface area contributed by atoms with E-state index in [1.165, 1.54) is 0 Å². The van der Waals surface area contributed by atoms with E-state index in [0.29, 0.717) is 18.1 Å². The maximum Gasteiger partial charge on any atom is 0.228 e. The Hall–Kier alpha value is -2.34. The summed E-state index contributed by atoms with van der Waals surface area (Å²) in [6, 6.07) is 4.01. The Morgan fingerprint density at radius 2 is 2.11 bits per heavy atom. The largest absolute Gasteiger partial charge is 0.373 e. The standard InChI is InChI=1S/C20H24ClN5O/c1-12-16-10-26(11-17(16)24-13(2)19(12)21)20(27)14-6-7-25(9-14)15-4-5-18(22-3)23-8-15/h4-5,8,14H,6-7,9-11H2,1-3H3,(H,22,23)/t14-/m1/s1. The number of carbonyl (C=O) groups excluding carboxylic acids is 1. The molecule has 0 bridgehead atoms. The molecule has 7 heteroatoms. The Labute approximate surface area is 164 Å². The second-order valence-corrected chi connectivity index (χ2v) is 7.72. The minimum atomic E-state index is 0.0140. The van der Waals surface area contributed by atoms with Crippen LogP contribution in [-0.2, 0) is 17.9 Å². The third-order valence-electron chi connectivity index (χ3n) is 5.66. The summed E-state index contributed by atoms with van der Waals surface area (Å²) >= 11 is 6.34. The molecule has 1 amide bonds. The molecule has 0 saturated carbocycles. The average molecular weight is 386 g/mol. The highest BCUT2D eigenvalue weighted by Crippen LogP contribution is 2.33. The first-order chi connectivity index (χ1) is 13.0. The summed E-state index contributed by atoms with van der Waals surface area (Å²) < 4.78 is 0. The van der Waals surface area contributed by atoms with E-state index in [2.05, 4.69) is 26.3 Å². The molecule has 0 aromatic carbocycles. The molecule has 2 aliphatic heterocycles. The van der Waals surface area contributed by atoms with Crippen molar-refractivity contribution in [3.63, 3.8) is 0 Å². The fourth-order valence-electron chi connectivity index (χ4n) is 4.04. The minimum absolute atomic E-state index is 0.0140. The number of hydrogen-bond acceptors (Lipinski definition) is 5. The first kappa shape index (κ1) is 18.0. The zero-order valence-electron chi connectivity index (χ0n) is 15.9. The van der Waals surface area contributed by atoms with Crippen molar-refractivity contribution in [1.29, 1.82) is 0 Å². The number of rotatable bonds is 3. The molecule has 6 nitrogen and oxygen atoms in total. The molecular formula is C20H24ClN5O. The van der Waals surface area contributed by atoms with Crippen LogP contribution in [0, 0.1) is 19.8 Å². The van der Waals surface area contributed by atoms with Crippen LogP contribution in [0.1, 0.15) is 28.9 Å². The van der Waals surface area contributed by atoms with Gasteiger partial charge in [0.25, 0.3) is 0 Å². The summed E-state index contributed by atoms with van der Waals surface area (Å²) in [6.07, 6.45) is 2.73. The third-order valence-corrected chi connectivity index (χ3v) is 6.22. The molecule has 0 spiro atoms. The van der Waals surface area contributed by atoms with Crippen molar-refractivity contribution in [2.24, 2.45) is 5.92 Å². The van der Waals surface area contributed by atoms with Crippen molar-refractivity contribution < 1.29 is 4.79 Å². The van der Waals surface area contributed by atoms with Gasteiger partial charge in [0.05, 0.1) is 40.8 Å². The van der Waals surface area contributed by atoms with Gasteiger partial charge in [-0.3, -0.25) is 9.78 Å². The van der Waals surface area contributed by atoms with E-state index in [1.807, 2.05) is 38.1 Å². The molecule has 0 radical (unpaired) electrons. The van der Waals surface area contributed by atoms with Crippen molar-refractivity contribution in [2.45, 2.75) is 33.4 Å². The van der Waals surface area contributed by atoms with Gasteiger partial charge in [-0.2, -0.15) is 0 Å². The molecule has 2 aliphatic rings. The summed E-state index contributed by atoms with van der Waals surface area (Å²) in [5.74, 6) is 1.07. The summed E-state index contributed by atoms with van der Waals surface area (Å²) in [5.41, 5.74) is 5.06. The summed E-state index contributed by atoms with van der Waals surface area (Å²) in [5, 5.41) is 3.74. The van der Waals surface area contributed by atoms with Crippen LogP contribution in [0.4, 0.5) is 11.5 Å². The highest BCUT2D eigenvalue weighted by molar-refractivity contribution is 6.32. The van der Waals surface area contributed by atoms with Gasteiger partial charge in [0.1, 0.15) is 5.82 Å². The zero-order chi connectivity index (χ0) is 19.1. The number of nitrogens with zero attached hydrogens (tertiary/aromatic N) is 4. The van der Waals surface area contributed by atoms with Crippen molar-refractivity contribution >= 4 is 29.0 Å². The highest BCUT2D eigenvalue weighted by atomic mass is 35.5. The van der Waals surface area contributed by atoms with Gasteiger partial charge in [-0.25, -0.2) is 4.98 Å². The molecule has 1 N–H and O–H groups in total. The smallest absolute Gasteiger partial charge is 0.228 e. The van der Waals surface area contributed by atoms with Gasteiger partial charge in [-0.15, -0.1) is 0 Å². The van der Waals surface area contributed by atoms with E-state index in [-0.39, 0.29) is 11.8 Å². The van der Waals surface area contributed by atoms with Crippen LogP contribution in [0.15, 0.2) is 18.3 Å². The van der Waals surface area contributed by atoms with Crippen LogP contribution in [-0.4, -0.2) is 40.9 Å². The maximum absolute atomic E-state index is 13.1. The van der Waals surface area contributed by atoms with Crippen LogP contribution in [0.25, 0.3) is 0 Å². The van der Waals surface area contributed by atoms with Gasteiger partial charge < -0.3 is 15.1 Å². The van der Waals surface area contributed by atoms with Crippen molar-refractivity contribution in [1.82, 2.24) is 14.9 Å². The maximum atomic E-state index is 13.1. The summed E-state index contributed by atoms with van der Waals surface area (Å²) in [6.45, 7) is 6.74. The highest BCUT2D eigenvalue weighted by Gasteiger charge is 2.35. The summed E-state index contributed by atoms with van der Waals surface area (Å²) in [7, 11) is 1.85. The molecule has 1 fully saturated rings. The molecule has 2 aromatic heterocycles. The molecule has 4 heterocycles. The molecule has 0 aliphatic carbocycles. The van der Waals surface area contributed by atoms with E-state index in [0.717, 1.165) is 53.5 Å². The van der Waals surface area contributed by atoms with Gasteiger partial charge in [0, 0.05) is 26.7 Å². The van der Waals surface area contributed by atoms with E-state index in [4.69, 9.17) is 11.6 Å². The Kier molecular flexibility index (Phi) is 4.68. The minimum Gasteiger partial charge on any atom is -0.373 e. The summed E-state index contributed by atoms with van der Waals surface area (Å²) in [4.78, 5) is 26.2. The van der Waals surface area contributed by atoms with E-state index < -0.39 is 0 Å². The molecule has 4 rings (SSSR count). The zero-order valence-corrected chi connectivity index (χ0v) is 16.7. The van der Waals surface area contributed by atoms with Gasteiger partial charge >= 0.3 is 0 Å². The van der Waals surface area contributed by atoms with Crippen molar-refractivity contribution in [2.75, 3.05) is 30.4 Å². The lowest BCUT2D eigenvalue weighted by Crippen LogP contribution is -2.34. The predicted molar refractivity (Wildman–Crippen MR) is 107 cm³/mol. The Morgan fingerprint density at radius 1 is 1.30 bits per heavy atom. The van der Waals surface area contributed by atoms with Gasteiger partial charge in [-0.05, 0) is 43.5 Å². The van der Waals surface area contributed by atoms with Gasteiger partial charge in [-0.1, -0.05) is 11.6 Å². The molecule has 1 atom stereocenters. The van der Waals surface area contributed by atoms with Crippen molar-refractivity contribution in [3.8, 4) is 0 Å². The quantitative estimate of drug-likeness (QED) is 0.879. The fraction of sp³-hybridized carbons (Fsp3) is 0.450. The molecule has 142 valence electrons. The van der Waals surface area contributed by atoms with E-state index >= 15 is 0 Å². The van der Waals surface area contributed by atoms with Crippen LogP contribution in [0.2, 0.25) is 5.02 Å². The van der Waals surface area contributed by atoms with Gasteiger partial charge in [0.2, 0.25) is 5.91 Å². The number of fused-ring (bicyclic) bond motifs is 1. The van der Waals surface area contributed by atoms with Crippen LogP contribution in [0.5, 0.6) is 0 Å². The monoisotopic (exact) mass is 385 g/mol. The molecular weight excluding hydrogens is 362 g/mol. The van der Waals surface area contributed by atoms with E-state index in [1.54, 1.807) is 0 Å². The molecule has 0 unspecified atom stereocenters. The third kappa shape index (κ3) is 3.23. The normalized spacial score (nSPS) is 18.7. The van der Waals surface area contributed by atoms with Gasteiger partial charge in [0.15, 0.2) is 0 Å². The number of anilines is 2. The Bertz CT molecular complexity index is 883. The second-order valence-electron chi connectivity index (χ2n) is 7.34. The number of aryl methyl sites for hydroxylation is 1. The molecule has 27 heavy (non-hydrogen) atoms. The number of hydrogen-bond donors (Lipinski definition) is 1. The number of halogens is 1. The lowest BCUT2D eigenvalue weighted by Gasteiger charge is -2.21. The van der Waals surface area contributed by atoms with Crippen molar-refractivity contribution in [3.05, 3.63) is 45.9 Å². The van der Waals surface area contributed by atoms with E-state index in [9.17, 15) is 4.79 Å². The average Bonchev–Trinajstić information content (AvgIpc) is 3.33. The topological polar surface area (TPSA) is 61.4 Å². The SMILES string of the molecule is CNc1ccc(N2CC[C@@H](C(=O)N3Cc4nc(C)c(Cl)c(C)c4C3)C2)cn1. The number of pyridine rings is 2. The van der Waals surface area contributed by atoms with Crippen LogP contribution < -0.4 is 10.2 Å². The molecule has 2 aromatic rings. The number of nitrogens with one attached hydrogen (secondary N) is 1. The van der Waals surface area contributed by atoms with Crippen LogP contribution in [0.3, 0.4) is 0 Å². The fourth-order valence-corrected chi connectivity index (χ4v) is 4.20. The Morgan fingerprint density at radius 3 is 2.81 bits per heavy atom. The number of carbonyl (C=O) groups is 1. The molecule has 1 saturated heterocycles. The first-order valence-electron chi connectivity index (χ1n) is 9.30. The lowest BCUT2D eigenvalue weighted by atomic mass is 10.1. The predicted octanol–water partition coefficient (Wildman–Crippen LogP) is 3.16. The Balaban J connectivity index is 1.44. The number of amides is 1. The number of aromatic nitrogens is 2. The first-order valence-corrected chi connectivity index (χ1v) is 9.67. The lowest BCUT2D eigenvalue weighted by molar-refractivity contribution is -0.135. The van der Waals surface area contributed by atoms with Crippen LogP contribution >= 0.6 is 11.6 Å². The second kappa shape index (κ2) is 7.00.